The Hall–Kier alpha value is -5.66. The quantitative estimate of drug-likeness (QED) is 0.178. The van der Waals surface area contributed by atoms with Gasteiger partial charge in [-0.2, -0.15) is 0 Å². The van der Waals surface area contributed by atoms with Crippen LogP contribution in [0, 0.1) is 0 Å². The Labute approximate surface area is 314 Å². The molecule has 0 saturated carbocycles. The minimum atomic E-state index is -0.137. The summed E-state index contributed by atoms with van der Waals surface area (Å²) >= 11 is 0. The summed E-state index contributed by atoms with van der Waals surface area (Å²) in [4.78, 5) is 2.46. The first-order valence-corrected chi connectivity index (χ1v) is 19.2. The third kappa shape index (κ3) is 4.63. The van der Waals surface area contributed by atoms with Gasteiger partial charge < -0.3 is 4.90 Å². The number of benzene rings is 7. The predicted octanol–water partition coefficient (Wildman–Crippen LogP) is 13.7. The zero-order valence-corrected chi connectivity index (χ0v) is 31.4. The second-order valence-corrected chi connectivity index (χ2v) is 16.9. The van der Waals surface area contributed by atoms with Gasteiger partial charge in [-0.3, -0.25) is 0 Å². The van der Waals surface area contributed by atoms with Gasteiger partial charge in [0.05, 0.1) is 0 Å². The van der Waals surface area contributed by atoms with Crippen molar-refractivity contribution < 1.29 is 0 Å². The van der Waals surface area contributed by atoms with Crippen LogP contribution in [0.25, 0.3) is 33.4 Å². The molecule has 1 heteroatoms. The number of hydrogen-bond donors (Lipinski definition) is 0. The van der Waals surface area contributed by atoms with Gasteiger partial charge >= 0.3 is 0 Å². The largest absolute Gasteiger partial charge is 0.310 e. The second kappa shape index (κ2) is 11.4. The lowest BCUT2D eigenvalue weighted by Crippen LogP contribution is -2.24. The van der Waals surface area contributed by atoms with E-state index in [0.29, 0.717) is 0 Å². The van der Waals surface area contributed by atoms with Crippen LogP contribution in [-0.4, -0.2) is 0 Å². The first-order valence-electron chi connectivity index (χ1n) is 19.2. The second-order valence-electron chi connectivity index (χ2n) is 16.9. The maximum atomic E-state index is 2.51. The van der Waals surface area contributed by atoms with Gasteiger partial charge in [0.1, 0.15) is 0 Å². The average Bonchev–Trinajstić information content (AvgIpc) is 3.79. The maximum absolute atomic E-state index is 2.51. The van der Waals surface area contributed by atoms with Crippen LogP contribution in [0.4, 0.5) is 17.1 Å². The molecular weight excluding hydrogens is 639 g/mol. The van der Waals surface area contributed by atoms with Crippen LogP contribution in [-0.2, 0) is 22.7 Å². The molecule has 258 valence electrons. The van der Waals surface area contributed by atoms with E-state index in [9.17, 15) is 0 Å². The van der Waals surface area contributed by atoms with Crippen molar-refractivity contribution in [1.29, 1.82) is 0 Å². The molecule has 0 bridgehead atoms. The number of rotatable bonds is 4. The highest BCUT2D eigenvalue weighted by Gasteiger charge is 2.48. The molecule has 0 fully saturated rings. The molecule has 7 aromatic carbocycles. The number of hydrogen-bond acceptors (Lipinski definition) is 1. The van der Waals surface area contributed by atoms with Crippen LogP contribution in [0.15, 0.2) is 158 Å². The molecule has 0 heterocycles. The van der Waals surface area contributed by atoms with E-state index in [1.54, 1.807) is 0 Å². The highest BCUT2D eigenvalue weighted by molar-refractivity contribution is 5.90. The molecule has 0 N–H and O–H groups in total. The summed E-state index contributed by atoms with van der Waals surface area (Å²) in [6.07, 6.45) is 2.19. The fourth-order valence-corrected chi connectivity index (χ4v) is 10.1. The zero-order valence-electron chi connectivity index (χ0n) is 31.4. The van der Waals surface area contributed by atoms with Crippen LogP contribution in [0.5, 0.6) is 0 Å². The molecule has 1 nitrogen and oxygen atoms in total. The molecule has 1 unspecified atom stereocenters. The first kappa shape index (κ1) is 32.0. The van der Waals surface area contributed by atoms with E-state index in [-0.39, 0.29) is 16.2 Å². The van der Waals surface area contributed by atoms with Crippen LogP contribution < -0.4 is 4.90 Å². The molecule has 3 aliphatic carbocycles. The number of anilines is 3. The van der Waals surface area contributed by atoms with Gasteiger partial charge in [0, 0.05) is 27.9 Å². The van der Waals surface area contributed by atoms with Crippen LogP contribution in [0.1, 0.15) is 80.0 Å². The van der Waals surface area contributed by atoms with Crippen LogP contribution in [0.2, 0.25) is 0 Å². The van der Waals surface area contributed by atoms with E-state index < -0.39 is 0 Å². The first-order chi connectivity index (χ1) is 25.7. The Morgan fingerprint density at radius 3 is 1.74 bits per heavy atom. The Morgan fingerprint density at radius 2 is 1.02 bits per heavy atom. The van der Waals surface area contributed by atoms with Gasteiger partial charge in [-0.05, 0) is 127 Å². The molecule has 7 aromatic rings. The van der Waals surface area contributed by atoms with Crippen molar-refractivity contribution >= 4 is 17.1 Å². The Bertz CT molecular complexity index is 2560. The van der Waals surface area contributed by atoms with Crippen molar-refractivity contribution in [2.45, 2.75) is 63.7 Å². The van der Waals surface area contributed by atoms with E-state index in [2.05, 4.69) is 197 Å². The third-order valence-corrected chi connectivity index (χ3v) is 12.7. The lowest BCUT2D eigenvalue weighted by Gasteiger charge is -2.31. The molecule has 10 rings (SSSR count). The summed E-state index contributed by atoms with van der Waals surface area (Å²) in [5.41, 5.74) is 21.4. The fraction of sp³-hybridized carbons (Fsp3) is 0.192. The summed E-state index contributed by atoms with van der Waals surface area (Å²) in [5.74, 6) is 0. The maximum Gasteiger partial charge on any atom is 0.0470 e. The van der Waals surface area contributed by atoms with E-state index in [1.807, 2.05) is 0 Å². The lowest BCUT2D eigenvalue weighted by molar-refractivity contribution is 0.590. The normalized spacial score (nSPS) is 17.2. The molecule has 3 aliphatic rings. The minimum Gasteiger partial charge on any atom is -0.310 e. The molecule has 0 aromatic heterocycles. The molecule has 0 aliphatic heterocycles. The van der Waals surface area contributed by atoms with Gasteiger partial charge in [-0.15, -0.1) is 0 Å². The van der Waals surface area contributed by atoms with Crippen molar-refractivity contribution in [2.24, 2.45) is 0 Å². The minimum absolute atomic E-state index is 0.0706. The average molecular weight is 684 g/mol. The zero-order chi connectivity index (χ0) is 36.1. The third-order valence-electron chi connectivity index (χ3n) is 12.7. The predicted molar refractivity (Wildman–Crippen MR) is 223 cm³/mol. The van der Waals surface area contributed by atoms with Gasteiger partial charge in [0.25, 0.3) is 0 Å². The van der Waals surface area contributed by atoms with Crippen molar-refractivity contribution in [3.63, 3.8) is 0 Å². The van der Waals surface area contributed by atoms with Crippen LogP contribution in [0.3, 0.4) is 0 Å². The molecule has 1 spiro atoms. The molecule has 0 amide bonds. The Kier molecular flexibility index (Phi) is 6.90. The lowest BCUT2D eigenvalue weighted by atomic mass is 9.73. The molecule has 0 saturated heterocycles. The van der Waals surface area contributed by atoms with Crippen LogP contribution >= 0.6 is 0 Å². The topological polar surface area (TPSA) is 3.24 Å². The summed E-state index contributed by atoms with van der Waals surface area (Å²) in [6, 6.07) is 59.8. The van der Waals surface area contributed by atoms with E-state index in [0.717, 1.165) is 18.5 Å². The van der Waals surface area contributed by atoms with Crippen molar-refractivity contribution in [2.75, 3.05) is 4.90 Å². The summed E-state index contributed by atoms with van der Waals surface area (Å²) in [5, 5.41) is 0. The molecular formula is C52H45N. The Balaban J connectivity index is 1.12. The molecule has 0 radical (unpaired) electrons. The van der Waals surface area contributed by atoms with E-state index in [1.165, 1.54) is 83.7 Å². The van der Waals surface area contributed by atoms with Gasteiger partial charge in [0.15, 0.2) is 0 Å². The van der Waals surface area contributed by atoms with Crippen molar-refractivity contribution in [3.8, 4) is 33.4 Å². The fourth-order valence-electron chi connectivity index (χ4n) is 10.1. The number of fused-ring (bicyclic) bond motifs is 10. The smallest absolute Gasteiger partial charge is 0.0470 e. The number of aryl methyl sites for hydroxylation is 1. The monoisotopic (exact) mass is 683 g/mol. The molecule has 53 heavy (non-hydrogen) atoms. The Morgan fingerprint density at radius 1 is 0.472 bits per heavy atom. The van der Waals surface area contributed by atoms with Gasteiger partial charge in [0.2, 0.25) is 0 Å². The highest BCUT2D eigenvalue weighted by Crippen LogP contribution is 2.59. The summed E-state index contributed by atoms with van der Waals surface area (Å²) in [7, 11) is 0. The van der Waals surface area contributed by atoms with Crippen molar-refractivity contribution in [1.82, 2.24) is 0 Å². The molecule has 1 atom stereocenters. The van der Waals surface area contributed by atoms with Crippen molar-refractivity contribution in [3.05, 3.63) is 197 Å². The van der Waals surface area contributed by atoms with Gasteiger partial charge in [-0.1, -0.05) is 156 Å². The van der Waals surface area contributed by atoms with E-state index in [4.69, 9.17) is 0 Å². The highest BCUT2D eigenvalue weighted by atomic mass is 15.1. The SMILES string of the molecule is CC(C)(C)c1ccc(N(c2ccc(-c3cccc4c3C(C)(C)c3ccccc3-4)cc2)c2ccc3c(c2)C2(CCc4ccccc42)c2ccccc2-3)cc1. The van der Waals surface area contributed by atoms with Gasteiger partial charge in [-0.25, -0.2) is 0 Å². The van der Waals surface area contributed by atoms with E-state index >= 15 is 0 Å². The number of nitrogens with zero attached hydrogens (tertiary/aromatic N) is 1. The standard InChI is InChI=1S/C52H45N/c1-50(2,3)36-23-27-38(28-24-36)53(37-25-21-34(22-26-37)40-16-12-17-44-42-15-7-10-19-46(42)51(4,5)49(40)44)39-29-30-43-41-14-8-11-20-47(41)52(48(43)33-39)32-31-35-13-6-9-18-45(35)52/h6-30,33H,31-32H2,1-5H3. The summed E-state index contributed by atoms with van der Waals surface area (Å²) in [6.45, 7) is 11.6. The summed E-state index contributed by atoms with van der Waals surface area (Å²) < 4.78 is 0.